The number of nitro benzene ring substituents is 1. The van der Waals surface area contributed by atoms with Crippen molar-refractivity contribution in [3.63, 3.8) is 0 Å². The third-order valence-electron chi connectivity index (χ3n) is 7.68. The van der Waals surface area contributed by atoms with Gasteiger partial charge < -0.3 is 14.8 Å². The van der Waals surface area contributed by atoms with Crippen LogP contribution in [0.1, 0.15) is 40.8 Å². The van der Waals surface area contributed by atoms with E-state index in [1.807, 2.05) is 55.5 Å². The van der Waals surface area contributed by atoms with Crippen molar-refractivity contribution in [1.82, 2.24) is 21.5 Å². The number of aryl methyl sites for hydroxylation is 1. The Hall–Kier alpha value is -3.99. The van der Waals surface area contributed by atoms with Gasteiger partial charge in [0.05, 0.1) is 31.4 Å². The summed E-state index contributed by atoms with van der Waals surface area (Å²) >= 11 is 0. The van der Waals surface area contributed by atoms with E-state index < -0.39 is 10.8 Å². The van der Waals surface area contributed by atoms with E-state index in [0.29, 0.717) is 24.5 Å². The number of carbonyl (C=O) groups is 1. The molecule has 5 unspecified atom stereocenters. The van der Waals surface area contributed by atoms with Crippen molar-refractivity contribution in [1.29, 1.82) is 0 Å². The van der Waals surface area contributed by atoms with Crippen LogP contribution in [0.2, 0.25) is 0 Å². The molecule has 5 atom stereocenters. The van der Waals surface area contributed by atoms with Gasteiger partial charge in [-0.25, -0.2) is 10.9 Å². The summed E-state index contributed by atoms with van der Waals surface area (Å²) < 4.78 is 11.1. The van der Waals surface area contributed by atoms with Gasteiger partial charge in [-0.3, -0.25) is 20.2 Å². The van der Waals surface area contributed by atoms with Crippen LogP contribution >= 0.6 is 0 Å². The van der Waals surface area contributed by atoms with Gasteiger partial charge in [0, 0.05) is 42.1 Å². The highest BCUT2D eigenvalue weighted by Gasteiger charge is 2.49. The molecule has 1 amide bonds. The summed E-state index contributed by atoms with van der Waals surface area (Å²) in [6, 6.07) is 19.8. The number of hydrogen-bond acceptors (Lipinski definition) is 8. The molecule has 10 heteroatoms. The van der Waals surface area contributed by atoms with Gasteiger partial charge in [0.15, 0.2) is 0 Å². The summed E-state index contributed by atoms with van der Waals surface area (Å²) in [5.74, 6) is 0.709. The van der Waals surface area contributed by atoms with Crippen LogP contribution in [0.4, 0.5) is 5.69 Å². The van der Waals surface area contributed by atoms with Crippen molar-refractivity contribution in [2.24, 2.45) is 11.8 Å². The molecule has 2 heterocycles. The number of amides is 1. The number of piperidine rings is 1. The van der Waals surface area contributed by atoms with E-state index in [2.05, 4.69) is 21.5 Å². The molecule has 204 valence electrons. The van der Waals surface area contributed by atoms with E-state index in [1.54, 1.807) is 26.4 Å². The van der Waals surface area contributed by atoms with Gasteiger partial charge in [-0.1, -0.05) is 42.0 Å². The molecule has 3 aromatic carbocycles. The van der Waals surface area contributed by atoms with Crippen LogP contribution in [0.15, 0.2) is 66.7 Å². The average Bonchev–Trinajstić information content (AvgIpc) is 3.40. The molecule has 0 saturated carbocycles. The standard InChI is InChI=1S/C29H33N5O5/c1-17-7-9-18(10-8-17)16-30-29(35)23-15-24(22-14-21(38-2)11-12-25(22)39-3)31-28-26(23)27(32-33-28)19-5-4-6-20(13-19)34(36)37/h4-14,23-24,26-28,31-33H,15-16H2,1-3H3,(H,30,35). The van der Waals surface area contributed by atoms with Gasteiger partial charge in [-0.15, -0.1) is 0 Å². The highest BCUT2D eigenvalue weighted by atomic mass is 16.6. The lowest BCUT2D eigenvalue weighted by molar-refractivity contribution is -0.384. The maximum atomic E-state index is 13.8. The van der Waals surface area contributed by atoms with E-state index in [0.717, 1.165) is 22.3 Å². The number of non-ortho nitro benzene ring substituents is 1. The van der Waals surface area contributed by atoms with Crippen molar-refractivity contribution >= 4 is 11.6 Å². The summed E-state index contributed by atoms with van der Waals surface area (Å²) in [5, 5.41) is 18.2. The van der Waals surface area contributed by atoms with E-state index >= 15 is 0 Å². The van der Waals surface area contributed by atoms with Crippen LogP contribution in [-0.4, -0.2) is 31.2 Å². The second kappa shape index (κ2) is 11.4. The number of hydrogen-bond donors (Lipinski definition) is 4. The highest BCUT2D eigenvalue weighted by Crippen LogP contribution is 2.44. The lowest BCUT2D eigenvalue weighted by atomic mass is 9.74. The molecule has 2 aliphatic heterocycles. The van der Waals surface area contributed by atoms with Gasteiger partial charge in [0.25, 0.3) is 5.69 Å². The lowest BCUT2D eigenvalue weighted by Crippen LogP contribution is -2.54. The zero-order valence-electron chi connectivity index (χ0n) is 22.1. The topological polar surface area (TPSA) is 127 Å². The second-order valence-electron chi connectivity index (χ2n) is 10.0. The van der Waals surface area contributed by atoms with Crippen molar-refractivity contribution in [3.8, 4) is 11.5 Å². The Morgan fingerprint density at radius 3 is 2.56 bits per heavy atom. The fourth-order valence-corrected chi connectivity index (χ4v) is 5.65. The van der Waals surface area contributed by atoms with Crippen molar-refractivity contribution in [2.75, 3.05) is 14.2 Å². The molecule has 4 N–H and O–H groups in total. The van der Waals surface area contributed by atoms with Crippen LogP contribution in [0, 0.1) is 28.9 Å². The number of nitrogens with zero attached hydrogens (tertiary/aromatic N) is 1. The number of benzene rings is 3. The normalized spacial score (nSPS) is 24.0. The van der Waals surface area contributed by atoms with Gasteiger partial charge in [0.2, 0.25) is 5.91 Å². The van der Waals surface area contributed by atoms with Gasteiger partial charge in [-0.05, 0) is 42.7 Å². The smallest absolute Gasteiger partial charge is 0.269 e. The summed E-state index contributed by atoms with van der Waals surface area (Å²) in [6.45, 7) is 2.44. The number of rotatable bonds is 8. The molecule has 0 spiro atoms. The van der Waals surface area contributed by atoms with E-state index in [1.165, 1.54) is 6.07 Å². The fraction of sp³-hybridized carbons (Fsp3) is 0.345. The first-order chi connectivity index (χ1) is 18.9. The molecule has 0 radical (unpaired) electrons. The molecular weight excluding hydrogens is 498 g/mol. The quantitative estimate of drug-likeness (QED) is 0.256. The molecule has 0 aliphatic carbocycles. The summed E-state index contributed by atoms with van der Waals surface area (Å²) in [5.41, 5.74) is 10.4. The molecule has 0 aromatic heterocycles. The first-order valence-electron chi connectivity index (χ1n) is 12.9. The molecule has 10 nitrogen and oxygen atoms in total. The van der Waals surface area contributed by atoms with Crippen molar-refractivity contribution < 1.29 is 19.2 Å². The largest absolute Gasteiger partial charge is 0.497 e. The Morgan fingerprint density at radius 2 is 1.85 bits per heavy atom. The highest BCUT2D eigenvalue weighted by molar-refractivity contribution is 5.79. The van der Waals surface area contributed by atoms with Crippen LogP contribution in [0.25, 0.3) is 0 Å². The fourth-order valence-electron chi connectivity index (χ4n) is 5.65. The third-order valence-corrected chi connectivity index (χ3v) is 7.68. The molecule has 5 rings (SSSR count). The zero-order valence-corrected chi connectivity index (χ0v) is 22.1. The Morgan fingerprint density at radius 1 is 1.05 bits per heavy atom. The Balaban J connectivity index is 1.46. The van der Waals surface area contributed by atoms with Crippen molar-refractivity contribution in [2.45, 2.75) is 38.1 Å². The van der Waals surface area contributed by atoms with Crippen LogP contribution in [0.5, 0.6) is 11.5 Å². The molecule has 0 bridgehead atoms. The number of methoxy groups -OCH3 is 2. The summed E-state index contributed by atoms with van der Waals surface area (Å²) in [6.07, 6.45) is 0.221. The second-order valence-corrected chi connectivity index (χ2v) is 10.0. The lowest BCUT2D eigenvalue weighted by Gasteiger charge is -2.40. The maximum absolute atomic E-state index is 13.8. The minimum absolute atomic E-state index is 0.0147. The monoisotopic (exact) mass is 531 g/mol. The first kappa shape index (κ1) is 26.6. The predicted molar refractivity (Wildman–Crippen MR) is 146 cm³/mol. The van der Waals surface area contributed by atoms with Crippen LogP contribution < -0.4 is 31.0 Å². The molecule has 2 fully saturated rings. The summed E-state index contributed by atoms with van der Waals surface area (Å²) in [7, 11) is 3.24. The number of carbonyl (C=O) groups excluding carboxylic acids is 1. The minimum atomic E-state index is -0.408. The van der Waals surface area contributed by atoms with Crippen LogP contribution in [0.3, 0.4) is 0 Å². The van der Waals surface area contributed by atoms with Crippen molar-refractivity contribution in [3.05, 3.63) is 99.1 Å². The molecule has 2 aliphatic rings. The third kappa shape index (κ3) is 5.58. The molecular formula is C29H33N5O5. The molecule has 2 saturated heterocycles. The molecule has 3 aromatic rings. The SMILES string of the molecule is COc1ccc(OC)c(C2CC(C(=O)NCc3ccc(C)cc3)C3C(NNC3c3cccc([N+](=O)[O-])c3)N2)c1. The first-order valence-corrected chi connectivity index (χ1v) is 12.9. The van der Waals surface area contributed by atoms with E-state index in [4.69, 9.17) is 9.47 Å². The predicted octanol–water partition coefficient (Wildman–Crippen LogP) is 3.68. The van der Waals surface area contributed by atoms with Gasteiger partial charge >= 0.3 is 0 Å². The number of fused-ring (bicyclic) bond motifs is 1. The van der Waals surface area contributed by atoms with Crippen LogP contribution in [-0.2, 0) is 11.3 Å². The number of ether oxygens (including phenoxy) is 2. The number of hydrazine groups is 1. The Bertz CT molecular complexity index is 1350. The average molecular weight is 532 g/mol. The zero-order chi connectivity index (χ0) is 27.5. The summed E-state index contributed by atoms with van der Waals surface area (Å²) in [4.78, 5) is 24.9. The van der Waals surface area contributed by atoms with E-state index in [-0.39, 0.29) is 35.8 Å². The maximum Gasteiger partial charge on any atom is 0.269 e. The Kier molecular flexibility index (Phi) is 7.78. The van der Waals surface area contributed by atoms with Gasteiger partial charge in [0.1, 0.15) is 11.5 Å². The minimum Gasteiger partial charge on any atom is -0.497 e. The van der Waals surface area contributed by atoms with Gasteiger partial charge in [-0.2, -0.15) is 0 Å². The number of nitrogens with one attached hydrogen (secondary N) is 4. The van der Waals surface area contributed by atoms with E-state index in [9.17, 15) is 14.9 Å². The number of nitro groups is 1. The molecule has 39 heavy (non-hydrogen) atoms. The Labute approximate surface area is 227 Å².